The third-order valence-corrected chi connectivity index (χ3v) is 11.0. The van der Waals surface area contributed by atoms with Crippen LogP contribution in [-0.4, -0.2) is 4.98 Å². The fourth-order valence-corrected chi connectivity index (χ4v) is 8.70. The number of hydrogen-bond donors (Lipinski definition) is 0. The van der Waals surface area contributed by atoms with E-state index in [2.05, 4.69) is 175 Å². The fourth-order valence-electron chi connectivity index (χ4n) is 6.41. The summed E-state index contributed by atoms with van der Waals surface area (Å²) in [5.41, 5.74) is 10.4. The molecular weight excluding hydrogens is 609 g/mol. The molecule has 0 radical (unpaired) electrons. The van der Waals surface area contributed by atoms with Crippen molar-refractivity contribution in [1.29, 1.82) is 0 Å². The van der Waals surface area contributed by atoms with Crippen molar-refractivity contribution in [1.82, 2.24) is 4.98 Å². The van der Waals surface area contributed by atoms with Gasteiger partial charge in [0.2, 0.25) is 0 Å². The number of hydrogen-bond acceptors (Lipinski definition) is 4. The summed E-state index contributed by atoms with van der Waals surface area (Å²) < 4.78 is 3.82. The lowest BCUT2D eigenvalue weighted by atomic mass is 10.0. The van der Waals surface area contributed by atoms with E-state index in [1.54, 1.807) is 11.3 Å². The smallest absolute Gasteiger partial charge is 0.124 e. The molecule has 0 saturated heterocycles. The molecule has 0 atom stereocenters. The van der Waals surface area contributed by atoms with Crippen LogP contribution in [-0.2, 0) is 0 Å². The summed E-state index contributed by atoms with van der Waals surface area (Å²) in [4.78, 5) is 7.44. The molecule has 4 heteroatoms. The maximum absolute atomic E-state index is 5.06. The minimum atomic E-state index is 1.05. The molecule has 0 saturated carbocycles. The first-order chi connectivity index (χ1) is 23.3. The zero-order valence-corrected chi connectivity index (χ0v) is 27.0. The molecule has 0 N–H and O–H groups in total. The Hall–Kier alpha value is -5.55. The van der Waals surface area contributed by atoms with Crippen LogP contribution in [0.4, 0.5) is 17.1 Å². The Morgan fingerprint density at radius 2 is 0.979 bits per heavy atom. The summed E-state index contributed by atoms with van der Waals surface area (Å²) in [6.45, 7) is 0. The van der Waals surface area contributed by atoms with Crippen molar-refractivity contribution in [3.63, 3.8) is 0 Å². The molecule has 0 fully saturated rings. The zero-order valence-electron chi connectivity index (χ0n) is 25.4. The molecule has 0 aliphatic carbocycles. The van der Waals surface area contributed by atoms with Crippen LogP contribution < -0.4 is 4.90 Å². The van der Waals surface area contributed by atoms with Gasteiger partial charge in [-0.2, -0.15) is 0 Å². The van der Waals surface area contributed by atoms with E-state index in [4.69, 9.17) is 4.98 Å². The molecule has 0 bridgehead atoms. The number of fused-ring (bicyclic) bond motifs is 5. The van der Waals surface area contributed by atoms with Crippen LogP contribution in [0.2, 0.25) is 0 Å². The van der Waals surface area contributed by atoms with Gasteiger partial charge in [0.05, 0.1) is 10.2 Å². The lowest BCUT2D eigenvalue weighted by Crippen LogP contribution is -2.10. The number of thiophene rings is 1. The van der Waals surface area contributed by atoms with E-state index in [0.29, 0.717) is 0 Å². The Bertz CT molecular complexity index is 2500. The van der Waals surface area contributed by atoms with E-state index < -0.39 is 0 Å². The molecule has 2 nitrogen and oxygen atoms in total. The second-order valence-electron chi connectivity index (χ2n) is 11.6. The molecule has 2 aromatic heterocycles. The van der Waals surface area contributed by atoms with Gasteiger partial charge in [0.1, 0.15) is 5.01 Å². The van der Waals surface area contributed by atoms with Crippen molar-refractivity contribution in [3.8, 4) is 32.8 Å². The van der Waals surface area contributed by atoms with Gasteiger partial charge in [-0.05, 0) is 76.9 Å². The van der Waals surface area contributed by atoms with Crippen LogP contribution in [0.1, 0.15) is 0 Å². The average Bonchev–Trinajstić information content (AvgIpc) is 3.75. The number of benzene rings is 7. The Labute approximate surface area is 281 Å². The number of rotatable bonds is 6. The predicted octanol–water partition coefficient (Wildman–Crippen LogP) is 13.1. The lowest BCUT2D eigenvalue weighted by Gasteiger charge is -2.26. The van der Waals surface area contributed by atoms with E-state index >= 15 is 0 Å². The maximum Gasteiger partial charge on any atom is 0.124 e. The second kappa shape index (κ2) is 11.7. The molecule has 0 aliphatic rings. The van der Waals surface area contributed by atoms with Gasteiger partial charge in [-0.1, -0.05) is 115 Å². The van der Waals surface area contributed by atoms with Gasteiger partial charge in [0.25, 0.3) is 0 Å². The second-order valence-corrected chi connectivity index (χ2v) is 13.7. The summed E-state index contributed by atoms with van der Waals surface area (Å²) in [7, 11) is 0. The summed E-state index contributed by atoms with van der Waals surface area (Å²) in [6.07, 6.45) is 0. The molecule has 9 aromatic rings. The monoisotopic (exact) mass is 636 g/mol. The van der Waals surface area contributed by atoms with Crippen LogP contribution in [0.25, 0.3) is 63.2 Å². The zero-order chi connectivity index (χ0) is 31.2. The van der Waals surface area contributed by atoms with Gasteiger partial charge in [0.15, 0.2) is 0 Å². The van der Waals surface area contributed by atoms with E-state index in [1.807, 2.05) is 11.3 Å². The predicted molar refractivity (Wildman–Crippen MR) is 203 cm³/mol. The van der Waals surface area contributed by atoms with E-state index in [0.717, 1.165) is 33.1 Å². The quantitative estimate of drug-likeness (QED) is 0.181. The van der Waals surface area contributed by atoms with E-state index in [9.17, 15) is 0 Å². The van der Waals surface area contributed by atoms with Crippen LogP contribution in [0.3, 0.4) is 0 Å². The Balaban J connectivity index is 1.22. The largest absolute Gasteiger partial charge is 0.310 e. The Kier molecular flexibility index (Phi) is 6.89. The van der Waals surface area contributed by atoms with Gasteiger partial charge < -0.3 is 4.90 Å². The molecule has 2 heterocycles. The van der Waals surface area contributed by atoms with Crippen molar-refractivity contribution in [3.05, 3.63) is 170 Å². The first-order valence-electron chi connectivity index (χ1n) is 15.7. The van der Waals surface area contributed by atoms with Gasteiger partial charge in [-0.25, -0.2) is 4.98 Å². The molecule has 0 spiro atoms. The maximum atomic E-state index is 5.06. The van der Waals surface area contributed by atoms with E-state index in [-0.39, 0.29) is 0 Å². The van der Waals surface area contributed by atoms with Gasteiger partial charge >= 0.3 is 0 Å². The first-order valence-corrected chi connectivity index (χ1v) is 17.3. The molecular formula is C43H28N2S2. The minimum Gasteiger partial charge on any atom is -0.310 e. The molecule has 222 valence electrons. The van der Waals surface area contributed by atoms with Crippen LogP contribution in [0, 0.1) is 0 Å². The SMILES string of the molecule is c1ccc(-c2ccc(N(c3cccc(-c4ccccc4)c3)c3ccc4sc5ccc6nc(-c7ccccc7)sc6c5c4c3)cc2)cc1. The third kappa shape index (κ3) is 5.08. The highest BCUT2D eigenvalue weighted by atomic mass is 32.1. The third-order valence-electron chi connectivity index (χ3n) is 8.69. The molecule has 9 rings (SSSR count). The van der Waals surface area contributed by atoms with Crippen molar-refractivity contribution < 1.29 is 0 Å². The Morgan fingerprint density at radius 3 is 1.70 bits per heavy atom. The van der Waals surface area contributed by atoms with Gasteiger partial charge in [0, 0.05) is 42.8 Å². The summed E-state index contributed by atoms with van der Waals surface area (Å²) >= 11 is 3.64. The van der Waals surface area contributed by atoms with Crippen molar-refractivity contribution in [2.24, 2.45) is 0 Å². The van der Waals surface area contributed by atoms with Crippen molar-refractivity contribution in [2.75, 3.05) is 4.90 Å². The molecule has 7 aromatic carbocycles. The summed E-state index contributed by atoms with van der Waals surface area (Å²) in [5, 5.41) is 3.62. The van der Waals surface area contributed by atoms with Gasteiger partial charge in [-0.3, -0.25) is 0 Å². The number of thiazole rings is 1. The highest BCUT2D eigenvalue weighted by molar-refractivity contribution is 7.28. The van der Waals surface area contributed by atoms with E-state index in [1.165, 1.54) is 47.1 Å². The summed E-state index contributed by atoms with van der Waals surface area (Å²) in [6, 6.07) is 60.8. The summed E-state index contributed by atoms with van der Waals surface area (Å²) in [5.74, 6) is 0. The van der Waals surface area contributed by atoms with Crippen LogP contribution >= 0.6 is 22.7 Å². The fraction of sp³-hybridized carbons (Fsp3) is 0. The van der Waals surface area contributed by atoms with Crippen molar-refractivity contribution in [2.45, 2.75) is 0 Å². The lowest BCUT2D eigenvalue weighted by molar-refractivity contribution is 1.29. The highest BCUT2D eigenvalue weighted by Gasteiger charge is 2.18. The number of anilines is 3. The molecule has 0 unspecified atom stereocenters. The average molecular weight is 637 g/mol. The minimum absolute atomic E-state index is 1.05. The topological polar surface area (TPSA) is 16.1 Å². The molecule has 0 aliphatic heterocycles. The molecule has 47 heavy (non-hydrogen) atoms. The standard InChI is InChI=1S/C43H28N2S2/c1-4-11-29(12-5-1)31-19-21-34(22-20-31)45(35-18-10-17-33(27-35)30-13-6-2-7-14-30)36-23-25-39-37(28-36)41-40(46-39)26-24-38-42(41)47-43(44-38)32-15-8-3-9-16-32/h1-28H. The van der Waals surface area contributed by atoms with Crippen LogP contribution in [0.15, 0.2) is 170 Å². The number of aromatic nitrogens is 1. The van der Waals surface area contributed by atoms with Crippen LogP contribution in [0.5, 0.6) is 0 Å². The Morgan fingerprint density at radius 1 is 0.404 bits per heavy atom. The molecule has 0 amide bonds. The van der Waals surface area contributed by atoms with Gasteiger partial charge in [-0.15, -0.1) is 22.7 Å². The first kappa shape index (κ1) is 27.7. The van der Waals surface area contributed by atoms with Crippen molar-refractivity contribution >= 4 is 70.1 Å². The highest BCUT2D eigenvalue weighted by Crippen LogP contribution is 2.45. The number of nitrogens with zero attached hydrogens (tertiary/aromatic N) is 2. The normalized spacial score (nSPS) is 11.4.